The van der Waals surface area contributed by atoms with E-state index >= 15 is 0 Å². The summed E-state index contributed by atoms with van der Waals surface area (Å²) in [6.45, 7) is 6.19. The first-order chi connectivity index (χ1) is 41.0. The van der Waals surface area contributed by atoms with Crippen LogP contribution in [0.2, 0.25) is 0 Å². The summed E-state index contributed by atoms with van der Waals surface area (Å²) in [6.07, 6.45) is 105. The molecular weight excluding hydrogens is 1020 g/mol. The number of unbranched alkanes of at least 4 members (excludes halogenated alkanes) is 14. The fourth-order valence-electron chi connectivity index (χ4n) is 8.29. The number of carbonyl (C=O) groups excluding carboxylic acids is 3. The van der Waals surface area contributed by atoms with Gasteiger partial charge in [0.25, 0.3) is 0 Å². The molecule has 0 saturated carbocycles. The van der Waals surface area contributed by atoms with E-state index in [0.717, 1.165) is 161 Å². The number of hydrogen-bond acceptors (Lipinski definition) is 6. The van der Waals surface area contributed by atoms with E-state index in [9.17, 15) is 14.4 Å². The number of allylic oxidation sites excluding steroid dienone is 32. The Morgan fingerprint density at radius 2 is 0.458 bits per heavy atom. The Labute approximate surface area is 509 Å². The third-order valence-corrected chi connectivity index (χ3v) is 13.1. The van der Waals surface area contributed by atoms with Crippen LogP contribution in [0.5, 0.6) is 0 Å². The molecule has 0 aromatic heterocycles. The van der Waals surface area contributed by atoms with E-state index in [4.69, 9.17) is 14.2 Å². The van der Waals surface area contributed by atoms with Crippen molar-refractivity contribution in [3.05, 3.63) is 194 Å². The molecule has 0 heterocycles. The van der Waals surface area contributed by atoms with Crippen LogP contribution in [0.1, 0.15) is 252 Å². The van der Waals surface area contributed by atoms with Gasteiger partial charge in [0.05, 0.1) is 0 Å². The summed E-state index contributed by atoms with van der Waals surface area (Å²) >= 11 is 0. The van der Waals surface area contributed by atoms with Gasteiger partial charge in [-0.2, -0.15) is 0 Å². The number of rotatable bonds is 57. The molecule has 0 fully saturated rings. The predicted octanol–water partition coefficient (Wildman–Crippen LogP) is 23.0. The molecule has 0 aliphatic heterocycles. The molecular formula is C77H118O6. The molecule has 1 atom stereocenters. The van der Waals surface area contributed by atoms with Crippen molar-refractivity contribution in [1.82, 2.24) is 0 Å². The van der Waals surface area contributed by atoms with Gasteiger partial charge in [-0.1, -0.05) is 279 Å². The van der Waals surface area contributed by atoms with Gasteiger partial charge in [0.1, 0.15) is 13.2 Å². The average Bonchev–Trinajstić information content (AvgIpc) is 3.49. The minimum Gasteiger partial charge on any atom is -0.462 e. The summed E-state index contributed by atoms with van der Waals surface area (Å²) in [4.78, 5) is 38.2. The number of carbonyl (C=O) groups is 3. The molecule has 0 aliphatic carbocycles. The van der Waals surface area contributed by atoms with Gasteiger partial charge < -0.3 is 14.2 Å². The van der Waals surface area contributed by atoms with Crippen LogP contribution in [0.3, 0.4) is 0 Å². The highest BCUT2D eigenvalue weighted by atomic mass is 16.6. The summed E-state index contributed by atoms with van der Waals surface area (Å²) in [6, 6.07) is 0. The molecule has 0 bridgehead atoms. The van der Waals surface area contributed by atoms with Crippen LogP contribution in [-0.4, -0.2) is 37.2 Å². The summed E-state index contributed by atoms with van der Waals surface area (Å²) in [5.74, 6) is -1.04. The highest BCUT2D eigenvalue weighted by molar-refractivity contribution is 5.71. The lowest BCUT2D eigenvalue weighted by Crippen LogP contribution is -2.30. The van der Waals surface area contributed by atoms with Gasteiger partial charge in [0, 0.05) is 19.3 Å². The highest BCUT2D eigenvalue weighted by Crippen LogP contribution is 2.14. The first kappa shape index (κ1) is 77.2. The molecule has 0 amide bonds. The topological polar surface area (TPSA) is 78.9 Å². The van der Waals surface area contributed by atoms with Crippen LogP contribution in [0, 0.1) is 0 Å². The molecule has 0 saturated heterocycles. The van der Waals surface area contributed by atoms with Crippen molar-refractivity contribution in [1.29, 1.82) is 0 Å². The zero-order valence-corrected chi connectivity index (χ0v) is 52.9. The number of esters is 3. The van der Waals surface area contributed by atoms with Crippen LogP contribution < -0.4 is 0 Å². The predicted molar refractivity (Wildman–Crippen MR) is 361 cm³/mol. The van der Waals surface area contributed by atoms with E-state index in [-0.39, 0.29) is 44.0 Å². The summed E-state index contributed by atoms with van der Waals surface area (Å²) in [5.41, 5.74) is 0. The number of hydrogen-bond donors (Lipinski definition) is 0. The van der Waals surface area contributed by atoms with Gasteiger partial charge in [-0.15, -0.1) is 0 Å². The molecule has 6 heteroatoms. The van der Waals surface area contributed by atoms with Crippen LogP contribution in [0.15, 0.2) is 194 Å². The SMILES string of the molecule is CC/C=C\C/C=C\C/C=C\C/C=C\C/C=C\C/C=C\C/C=C\C/C=C\CCCCCCCCCCCCC(=O)OCC(COC(=O)CC/C=C\C/C=C\C/C=C\C/C=C\CC)OC(=O)CCCCCC/C=C\C/C=C\C/C=C\C/C=C\CC. The van der Waals surface area contributed by atoms with Crippen LogP contribution in [0.4, 0.5) is 0 Å². The Balaban J connectivity index is 4.33. The Kier molecular flexibility index (Phi) is 64.0. The Morgan fingerprint density at radius 1 is 0.241 bits per heavy atom. The second kappa shape index (κ2) is 68.7. The second-order valence-corrected chi connectivity index (χ2v) is 20.9. The molecule has 0 spiro atoms. The first-order valence-electron chi connectivity index (χ1n) is 32.9. The Morgan fingerprint density at radius 3 is 0.747 bits per heavy atom. The average molecular weight is 1140 g/mol. The minimum atomic E-state index is -0.833. The molecule has 0 rings (SSSR count). The van der Waals surface area contributed by atoms with E-state index < -0.39 is 6.10 Å². The number of ether oxygens (including phenoxy) is 3. The normalized spacial score (nSPS) is 13.4. The summed E-state index contributed by atoms with van der Waals surface area (Å²) in [5, 5.41) is 0. The van der Waals surface area contributed by atoms with Crippen molar-refractivity contribution in [3.63, 3.8) is 0 Å². The quantitative estimate of drug-likeness (QED) is 0.0261. The zero-order chi connectivity index (χ0) is 59.9. The van der Waals surface area contributed by atoms with Gasteiger partial charge in [0.15, 0.2) is 6.10 Å². The largest absolute Gasteiger partial charge is 0.462 e. The fraction of sp³-hybridized carbons (Fsp3) is 0.545. The maximum atomic E-state index is 12.9. The van der Waals surface area contributed by atoms with Gasteiger partial charge in [-0.05, 0) is 148 Å². The van der Waals surface area contributed by atoms with Gasteiger partial charge in [0.2, 0.25) is 0 Å². The maximum absolute atomic E-state index is 12.9. The summed E-state index contributed by atoms with van der Waals surface area (Å²) in [7, 11) is 0. The van der Waals surface area contributed by atoms with E-state index in [1.165, 1.54) is 44.9 Å². The standard InChI is InChI=1S/C77H118O6/c1-4-7-10-13-16-19-22-25-27-29-30-31-32-33-34-35-36-37-38-39-40-41-42-43-44-45-46-48-49-52-55-58-61-64-67-70-76(79)82-73-74(72-81-75(78)69-66-63-60-57-54-51-24-21-18-15-12-9-6-3)83-77(80)71-68-65-62-59-56-53-50-47-28-26-23-20-17-14-11-8-5-2/h7-12,16-21,25-28,30-31,33-34,36-37,39-40,42-43,50-51,53-54,60,63,74H,4-6,13-15,22-24,29,32,35,38,41,44-49,52,55-59,61-62,64-73H2,1-3H3/b10-7-,11-8-,12-9-,19-16-,20-17-,21-18-,27-25-,28-26-,31-30-,34-33-,37-36-,40-39-,43-42-,53-50-,54-51-,63-60-. The van der Waals surface area contributed by atoms with E-state index in [1.54, 1.807) is 0 Å². The van der Waals surface area contributed by atoms with Crippen LogP contribution in [-0.2, 0) is 28.6 Å². The van der Waals surface area contributed by atoms with Crippen molar-refractivity contribution in [2.45, 2.75) is 258 Å². The highest BCUT2D eigenvalue weighted by Gasteiger charge is 2.19. The van der Waals surface area contributed by atoms with Gasteiger partial charge in [-0.25, -0.2) is 0 Å². The molecule has 0 aromatic carbocycles. The van der Waals surface area contributed by atoms with Crippen molar-refractivity contribution in [2.24, 2.45) is 0 Å². The monoisotopic (exact) mass is 1140 g/mol. The lowest BCUT2D eigenvalue weighted by atomic mass is 10.1. The molecule has 462 valence electrons. The third kappa shape index (κ3) is 66.9. The first-order valence-corrected chi connectivity index (χ1v) is 32.9. The lowest BCUT2D eigenvalue weighted by Gasteiger charge is -2.18. The molecule has 0 N–H and O–H groups in total. The van der Waals surface area contributed by atoms with E-state index in [1.807, 2.05) is 12.2 Å². The molecule has 1 unspecified atom stereocenters. The van der Waals surface area contributed by atoms with E-state index in [0.29, 0.717) is 12.8 Å². The molecule has 0 radical (unpaired) electrons. The Bertz CT molecular complexity index is 1990. The minimum absolute atomic E-state index is 0.121. The second-order valence-electron chi connectivity index (χ2n) is 20.9. The van der Waals surface area contributed by atoms with Crippen molar-refractivity contribution >= 4 is 17.9 Å². The third-order valence-electron chi connectivity index (χ3n) is 13.1. The van der Waals surface area contributed by atoms with Gasteiger partial charge >= 0.3 is 17.9 Å². The van der Waals surface area contributed by atoms with Crippen molar-refractivity contribution in [2.75, 3.05) is 13.2 Å². The van der Waals surface area contributed by atoms with Crippen molar-refractivity contribution < 1.29 is 28.6 Å². The zero-order valence-electron chi connectivity index (χ0n) is 52.9. The van der Waals surface area contributed by atoms with Crippen molar-refractivity contribution in [3.8, 4) is 0 Å². The maximum Gasteiger partial charge on any atom is 0.306 e. The molecule has 6 nitrogen and oxygen atoms in total. The lowest BCUT2D eigenvalue weighted by molar-refractivity contribution is -0.166. The van der Waals surface area contributed by atoms with Crippen LogP contribution in [0.25, 0.3) is 0 Å². The Hall–Kier alpha value is -5.75. The molecule has 0 aromatic rings. The smallest absolute Gasteiger partial charge is 0.306 e. The fourth-order valence-corrected chi connectivity index (χ4v) is 8.29. The molecule has 83 heavy (non-hydrogen) atoms. The van der Waals surface area contributed by atoms with Crippen LogP contribution >= 0.6 is 0 Å². The molecule has 0 aliphatic rings. The van der Waals surface area contributed by atoms with Gasteiger partial charge in [-0.3, -0.25) is 14.4 Å². The van der Waals surface area contributed by atoms with E-state index in [2.05, 4.69) is 203 Å². The summed E-state index contributed by atoms with van der Waals surface area (Å²) < 4.78 is 16.8.